The fourth-order valence-corrected chi connectivity index (χ4v) is 2.35. The smallest absolute Gasteiger partial charge is 0.258 e. The zero-order chi connectivity index (χ0) is 15.3. The van der Waals surface area contributed by atoms with E-state index in [0.29, 0.717) is 17.0 Å². The Balaban J connectivity index is 1.95. The summed E-state index contributed by atoms with van der Waals surface area (Å²) in [6.07, 6.45) is 2.91. The van der Waals surface area contributed by atoms with E-state index in [0.717, 1.165) is 17.5 Å². The first-order valence-electron chi connectivity index (χ1n) is 6.62. The maximum absolute atomic E-state index is 13.2. The molecular formula is C15H10FN5O. The zero-order valence-corrected chi connectivity index (χ0v) is 11.6. The number of nitrogens with zero attached hydrogens (tertiary/aromatic N) is 5. The highest BCUT2D eigenvalue weighted by atomic mass is 19.1. The molecule has 0 aromatic carbocycles. The second-order valence-electron chi connectivity index (χ2n) is 4.96. The highest BCUT2D eigenvalue weighted by molar-refractivity contribution is 5.58. The number of rotatable bonds is 1. The molecule has 4 heterocycles. The van der Waals surface area contributed by atoms with Crippen molar-refractivity contribution < 1.29 is 4.39 Å². The van der Waals surface area contributed by atoms with Crippen LogP contribution in [0.4, 0.5) is 4.39 Å². The van der Waals surface area contributed by atoms with Crippen molar-refractivity contribution in [3.05, 3.63) is 64.6 Å². The average molecular weight is 295 g/mol. The minimum Gasteiger partial charge on any atom is -0.269 e. The Morgan fingerprint density at radius 1 is 1.00 bits per heavy atom. The standard InChI is InChI=1S/C15H10FN5O/c1-9-7-21-14(17-9)5-3-11(19-21)12-6-15(22)20-8-10(16)2-4-13(20)18-12/h2-8H,1H3. The van der Waals surface area contributed by atoms with Crippen LogP contribution in [0.1, 0.15) is 5.69 Å². The molecule has 0 saturated heterocycles. The summed E-state index contributed by atoms with van der Waals surface area (Å²) in [6.45, 7) is 1.88. The molecule has 4 aromatic heterocycles. The number of hydrogen-bond donors (Lipinski definition) is 0. The Bertz CT molecular complexity index is 1080. The van der Waals surface area contributed by atoms with E-state index in [-0.39, 0.29) is 5.56 Å². The molecular weight excluding hydrogens is 285 g/mol. The van der Waals surface area contributed by atoms with Gasteiger partial charge in [-0.3, -0.25) is 9.20 Å². The molecule has 108 valence electrons. The van der Waals surface area contributed by atoms with Crippen molar-refractivity contribution >= 4 is 11.3 Å². The zero-order valence-electron chi connectivity index (χ0n) is 11.6. The van der Waals surface area contributed by atoms with E-state index in [9.17, 15) is 9.18 Å². The van der Waals surface area contributed by atoms with E-state index >= 15 is 0 Å². The fourth-order valence-electron chi connectivity index (χ4n) is 2.35. The second kappa shape index (κ2) is 4.45. The lowest BCUT2D eigenvalue weighted by molar-refractivity contribution is 0.617. The summed E-state index contributed by atoms with van der Waals surface area (Å²) in [5, 5.41) is 4.40. The summed E-state index contributed by atoms with van der Waals surface area (Å²) >= 11 is 0. The van der Waals surface area contributed by atoms with Crippen LogP contribution in [0, 0.1) is 12.7 Å². The van der Waals surface area contributed by atoms with Crippen molar-refractivity contribution in [3.63, 3.8) is 0 Å². The van der Waals surface area contributed by atoms with Crippen LogP contribution in [0.25, 0.3) is 22.7 Å². The van der Waals surface area contributed by atoms with Crippen LogP contribution < -0.4 is 5.56 Å². The van der Waals surface area contributed by atoms with Gasteiger partial charge in [-0.25, -0.2) is 18.9 Å². The molecule has 7 heteroatoms. The van der Waals surface area contributed by atoms with Crippen LogP contribution in [0.5, 0.6) is 0 Å². The van der Waals surface area contributed by atoms with Crippen LogP contribution >= 0.6 is 0 Å². The molecule has 0 atom stereocenters. The second-order valence-corrected chi connectivity index (χ2v) is 4.96. The van der Waals surface area contributed by atoms with Gasteiger partial charge >= 0.3 is 0 Å². The van der Waals surface area contributed by atoms with E-state index in [1.165, 1.54) is 22.6 Å². The van der Waals surface area contributed by atoms with Crippen molar-refractivity contribution in [1.29, 1.82) is 0 Å². The maximum Gasteiger partial charge on any atom is 0.258 e. The number of imidazole rings is 1. The van der Waals surface area contributed by atoms with E-state index in [4.69, 9.17) is 0 Å². The molecule has 0 aliphatic heterocycles. The Hall–Kier alpha value is -3.09. The van der Waals surface area contributed by atoms with Gasteiger partial charge in [-0.2, -0.15) is 5.10 Å². The number of halogens is 1. The lowest BCUT2D eigenvalue weighted by Gasteiger charge is -2.04. The molecule has 0 amide bonds. The Morgan fingerprint density at radius 3 is 2.68 bits per heavy atom. The molecule has 4 rings (SSSR count). The van der Waals surface area contributed by atoms with E-state index < -0.39 is 5.82 Å². The summed E-state index contributed by atoms with van der Waals surface area (Å²) in [5.41, 5.74) is 2.57. The van der Waals surface area contributed by atoms with E-state index in [2.05, 4.69) is 15.1 Å². The fraction of sp³-hybridized carbons (Fsp3) is 0.0667. The highest BCUT2D eigenvalue weighted by Crippen LogP contribution is 2.15. The van der Waals surface area contributed by atoms with Gasteiger partial charge in [0, 0.05) is 12.3 Å². The summed E-state index contributed by atoms with van der Waals surface area (Å²) in [7, 11) is 0. The van der Waals surface area contributed by atoms with Crippen molar-refractivity contribution in [1.82, 2.24) is 24.0 Å². The Kier molecular flexibility index (Phi) is 2.56. The quantitative estimate of drug-likeness (QED) is 0.537. The van der Waals surface area contributed by atoms with Gasteiger partial charge in [-0.05, 0) is 31.2 Å². The molecule has 22 heavy (non-hydrogen) atoms. The van der Waals surface area contributed by atoms with Gasteiger partial charge in [-0.1, -0.05) is 0 Å². The molecule has 4 aromatic rings. The normalized spacial score (nSPS) is 11.4. The molecule has 0 unspecified atom stereocenters. The minimum atomic E-state index is -0.488. The van der Waals surface area contributed by atoms with Gasteiger partial charge in [0.2, 0.25) is 0 Å². The summed E-state index contributed by atoms with van der Waals surface area (Å²) < 4.78 is 16.0. The number of aryl methyl sites for hydroxylation is 1. The molecule has 0 saturated carbocycles. The van der Waals surface area contributed by atoms with Crippen molar-refractivity contribution in [2.45, 2.75) is 6.92 Å². The summed E-state index contributed by atoms with van der Waals surface area (Å²) in [4.78, 5) is 20.8. The molecule has 0 bridgehead atoms. The van der Waals surface area contributed by atoms with Gasteiger partial charge in [0.1, 0.15) is 17.2 Å². The topological polar surface area (TPSA) is 64.6 Å². The third kappa shape index (κ3) is 1.95. The van der Waals surface area contributed by atoms with Gasteiger partial charge < -0.3 is 0 Å². The molecule has 0 aliphatic rings. The van der Waals surface area contributed by atoms with Crippen molar-refractivity contribution in [2.24, 2.45) is 0 Å². The molecule has 0 spiro atoms. The lowest BCUT2D eigenvalue weighted by Crippen LogP contribution is -2.15. The first kappa shape index (κ1) is 12.6. The average Bonchev–Trinajstić information content (AvgIpc) is 2.87. The monoisotopic (exact) mass is 295 g/mol. The number of aromatic nitrogens is 5. The third-order valence-corrected chi connectivity index (χ3v) is 3.33. The van der Waals surface area contributed by atoms with Crippen LogP contribution in [0.2, 0.25) is 0 Å². The first-order chi connectivity index (χ1) is 10.6. The first-order valence-corrected chi connectivity index (χ1v) is 6.62. The van der Waals surface area contributed by atoms with Crippen molar-refractivity contribution in [2.75, 3.05) is 0 Å². The van der Waals surface area contributed by atoms with Gasteiger partial charge in [0.25, 0.3) is 5.56 Å². The lowest BCUT2D eigenvalue weighted by atomic mass is 10.2. The summed E-state index contributed by atoms with van der Waals surface area (Å²) in [6, 6.07) is 7.62. The Morgan fingerprint density at radius 2 is 1.82 bits per heavy atom. The van der Waals surface area contributed by atoms with Gasteiger partial charge in [0.05, 0.1) is 17.6 Å². The number of fused-ring (bicyclic) bond motifs is 2. The largest absolute Gasteiger partial charge is 0.269 e. The van der Waals surface area contributed by atoms with E-state index in [1.54, 1.807) is 16.8 Å². The summed E-state index contributed by atoms with van der Waals surface area (Å²) in [5.74, 6) is -0.488. The molecule has 0 N–H and O–H groups in total. The number of hydrogen-bond acceptors (Lipinski definition) is 4. The van der Waals surface area contributed by atoms with Crippen LogP contribution in [0.15, 0.2) is 47.5 Å². The van der Waals surface area contributed by atoms with E-state index in [1.807, 2.05) is 13.0 Å². The third-order valence-electron chi connectivity index (χ3n) is 3.33. The molecule has 0 radical (unpaired) electrons. The predicted molar refractivity (Wildman–Crippen MR) is 78.1 cm³/mol. The molecule has 6 nitrogen and oxygen atoms in total. The predicted octanol–water partition coefficient (Wildman–Crippen LogP) is 1.85. The van der Waals surface area contributed by atoms with Gasteiger partial charge in [0.15, 0.2) is 5.65 Å². The van der Waals surface area contributed by atoms with Crippen molar-refractivity contribution in [3.8, 4) is 11.4 Å². The van der Waals surface area contributed by atoms with Crippen LogP contribution in [0.3, 0.4) is 0 Å². The van der Waals surface area contributed by atoms with Gasteiger partial charge in [-0.15, -0.1) is 0 Å². The highest BCUT2D eigenvalue weighted by Gasteiger charge is 2.08. The SMILES string of the molecule is Cc1cn2nc(-c3cc(=O)n4cc(F)ccc4n3)ccc2n1. The minimum absolute atomic E-state index is 0.358. The Labute approximate surface area is 123 Å². The maximum atomic E-state index is 13.2. The van der Waals surface area contributed by atoms with Crippen LogP contribution in [-0.2, 0) is 0 Å². The number of pyridine rings is 1. The molecule has 0 aliphatic carbocycles. The van der Waals surface area contributed by atoms with Crippen LogP contribution in [-0.4, -0.2) is 24.0 Å². The molecule has 0 fully saturated rings.